The molecule has 28 heavy (non-hydrogen) atoms. The van der Waals surface area contributed by atoms with Crippen LogP contribution in [0.1, 0.15) is 44.9 Å². The standard InChI is InChI=1S/C25H30N2O/c1-4-17-27(18-5-2)23-13-8-20(9-14-23)7-11-22-12-10-21-19-24(28-6-3)15-16-25(21)26-22/h7-16,19H,4-6,17-18H2,1-3H3. The smallest absolute Gasteiger partial charge is 0.120 e. The number of fused-ring (bicyclic) bond motifs is 1. The molecule has 3 nitrogen and oxygen atoms in total. The third-order valence-corrected chi connectivity index (χ3v) is 4.69. The van der Waals surface area contributed by atoms with Crippen molar-refractivity contribution in [2.24, 2.45) is 0 Å². The van der Waals surface area contributed by atoms with Gasteiger partial charge in [-0.3, -0.25) is 0 Å². The summed E-state index contributed by atoms with van der Waals surface area (Å²) in [7, 11) is 0. The van der Waals surface area contributed by atoms with Gasteiger partial charge < -0.3 is 9.64 Å². The van der Waals surface area contributed by atoms with Crippen LogP contribution in [0.4, 0.5) is 5.69 Å². The monoisotopic (exact) mass is 374 g/mol. The van der Waals surface area contributed by atoms with Crippen LogP contribution < -0.4 is 9.64 Å². The van der Waals surface area contributed by atoms with Gasteiger partial charge >= 0.3 is 0 Å². The molecule has 0 aliphatic rings. The van der Waals surface area contributed by atoms with Crippen molar-refractivity contribution in [3.8, 4) is 5.75 Å². The molecule has 0 saturated carbocycles. The summed E-state index contributed by atoms with van der Waals surface area (Å²) in [4.78, 5) is 7.19. The van der Waals surface area contributed by atoms with E-state index < -0.39 is 0 Å². The Bertz CT molecular complexity index is 909. The highest BCUT2D eigenvalue weighted by molar-refractivity contribution is 5.82. The zero-order valence-electron chi connectivity index (χ0n) is 17.2. The van der Waals surface area contributed by atoms with Crippen LogP contribution in [0, 0.1) is 0 Å². The summed E-state index contributed by atoms with van der Waals surface area (Å²) < 4.78 is 5.56. The normalized spacial score (nSPS) is 11.2. The van der Waals surface area contributed by atoms with Gasteiger partial charge in [0.25, 0.3) is 0 Å². The summed E-state index contributed by atoms with van der Waals surface area (Å²) in [5.41, 5.74) is 4.43. The average molecular weight is 375 g/mol. The molecular weight excluding hydrogens is 344 g/mol. The first-order valence-corrected chi connectivity index (χ1v) is 10.3. The Labute approximate surface area is 168 Å². The third kappa shape index (κ3) is 5.13. The fraction of sp³-hybridized carbons (Fsp3) is 0.320. The number of benzene rings is 2. The molecule has 3 aromatic rings. The van der Waals surface area contributed by atoms with Crippen LogP contribution in [-0.2, 0) is 0 Å². The molecule has 0 amide bonds. The number of pyridine rings is 1. The molecule has 1 heterocycles. The minimum absolute atomic E-state index is 0.674. The van der Waals surface area contributed by atoms with Crippen molar-refractivity contribution in [2.75, 3.05) is 24.6 Å². The molecule has 1 aromatic heterocycles. The molecular formula is C25H30N2O. The van der Waals surface area contributed by atoms with Crippen molar-refractivity contribution < 1.29 is 4.74 Å². The fourth-order valence-electron chi connectivity index (χ4n) is 3.36. The van der Waals surface area contributed by atoms with Crippen molar-refractivity contribution >= 4 is 28.7 Å². The predicted octanol–water partition coefficient (Wildman–Crippen LogP) is 6.43. The van der Waals surface area contributed by atoms with E-state index in [1.165, 1.54) is 24.1 Å². The first-order chi connectivity index (χ1) is 13.7. The molecule has 3 rings (SSSR count). The minimum Gasteiger partial charge on any atom is -0.494 e. The average Bonchev–Trinajstić information content (AvgIpc) is 2.73. The largest absolute Gasteiger partial charge is 0.494 e. The highest BCUT2D eigenvalue weighted by atomic mass is 16.5. The maximum absolute atomic E-state index is 5.56. The predicted molar refractivity (Wildman–Crippen MR) is 121 cm³/mol. The number of hydrogen-bond acceptors (Lipinski definition) is 3. The number of ether oxygens (including phenoxy) is 1. The Kier molecular flexibility index (Phi) is 7.07. The fourth-order valence-corrected chi connectivity index (χ4v) is 3.36. The van der Waals surface area contributed by atoms with Crippen molar-refractivity contribution in [1.82, 2.24) is 4.98 Å². The molecule has 0 saturated heterocycles. The molecule has 0 fully saturated rings. The van der Waals surface area contributed by atoms with E-state index in [2.05, 4.69) is 61.2 Å². The van der Waals surface area contributed by atoms with Gasteiger partial charge in [0.05, 0.1) is 17.8 Å². The van der Waals surface area contributed by atoms with Gasteiger partial charge in [-0.15, -0.1) is 0 Å². The van der Waals surface area contributed by atoms with Gasteiger partial charge in [0.2, 0.25) is 0 Å². The summed E-state index contributed by atoms with van der Waals surface area (Å²) in [6, 6.07) is 19.0. The van der Waals surface area contributed by atoms with E-state index in [1.807, 2.05) is 31.2 Å². The van der Waals surface area contributed by atoms with Crippen molar-refractivity contribution in [3.05, 3.63) is 65.9 Å². The number of nitrogens with zero attached hydrogens (tertiary/aromatic N) is 2. The van der Waals surface area contributed by atoms with Crippen LogP contribution in [0.15, 0.2) is 54.6 Å². The maximum Gasteiger partial charge on any atom is 0.120 e. The lowest BCUT2D eigenvalue weighted by molar-refractivity contribution is 0.340. The first-order valence-electron chi connectivity index (χ1n) is 10.3. The summed E-state index contributed by atoms with van der Waals surface area (Å²) in [6.45, 7) is 9.34. The lowest BCUT2D eigenvalue weighted by Crippen LogP contribution is -2.24. The third-order valence-electron chi connectivity index (χ3n) is 4.69. The summed E-state index contributed by atoms with van der Waals surface area (Å²) in [6.07, 6.45) is 6.53. The van der Waals surface area contributed by atoms with Gasteiger partial charge in [-0.1, -0.05) is 38.1 Å². The van der Waals surface area contributed by atoms with Gasteiger partial charge in [-0.25, -0.2) is 4.98 Å². The lowest BCUT2D eigenvalue weighted by Gasteiger charge is -2.23. The lowest BCUT2D eigenvalue weighted by atomic mass is 10.1. The van der Waals surface area contributed by atoms with Crippen molar-refractivity contribution in [3.63, 3.8) is 0 Å². The zero-order chi connectivity index (χ0) is 19.8. The number of rotatable bonds is 9. The van der Waals surface area contributed by atoms with Crippen LogP contribution in [-0.4, -0.2) is 24.7 Å². The molecule has 0 aliphatic heterocycles. The quantitative estimate of drug-likeness (QED) is 0.431. The van der Waals surface area contributed by atoms with Crippen LogP contribution in [0.2, 0.25) is 0 Å². The van der Waals surface area contributed by atoms with E-state index in [0.29, 0.717) is 6.61 Å². The highest BCUT2D eigenvalue weighted by Crippen LogP contribution is 2.21. The van der Waals surface area contributed by atoms with E-state index >= 15 is 0 Å². The van der Waals surface area contributed by atoms with Crippen LogP contribution in [0.3, 0.4) is 0 Å². The molecule has 2 aromatic carbocycles. The Morgan fingerprint density at radius 3 is 2.29 bits per heavy atom. The van der Waals surface area contributed by atoms with Crippen molar-refractivity contribution in [2.45, 2.75) is 33.6 Å². The molecule has 0 bridgehead atoms. The van der Waals surface area contributed by atoms with Gasteiger partial charge in [-0.05, 0) is 67.8 Å². The highest BCUT2D eigenvalue weighted by Gasteiger charge is 2.04. The SMILES string of the molecule is CCCN(CCC)c1ccc(C=Cc2ccc3cc(OCC)ccc3n2)cc1. The van der Waals surface area contributed by atoms with E-state index in [9.17, 15) is 0 Å². The maximum atomic E-state index is 5.56. The molecule has 0 atom stereocenters. The summed E-state index contributed by atoms with van der Waals surface area (Å²) >= 11 is 0. The Morgan fingerprint density at radius 2 is 1.61 bits per heavy atom. The Morgan fingerprint density at radius 1 is 0.857 bits per heavy atom. The topological polar surface area (TPSA) is 25.4 Å². The van der Waals surface area contributed by atoms with E-state index in [0.717, 1.165) is 35.4 Å². The van der Waals surface area contributed by atoms with E-state index in [-0.39, 0.29) is 0 Å². The molecule has 0 spiro atoms. The van der Waals surface area contributed by atoms with Gasteiger partial charge in [0.1, 0.15) is 5.75 Å². The van der Waals surface area contributed by atoms with Gasteiger partial charge in [0, 0.05) is 24.2 Å². The number of hydrogen-bond donors (Lipinski definition) is 0. The van der Waals surface area contributed by atoms with E-state index in [4.69, 9.17) is 9.72 Å². The number of aromatic nitrogens is 1. The van der Waals surface area contributed by atoms with Gasteiger partial charge in [0.15, 0.2) is 0 Å². The molecule has 0 N–H and O–H groups in total. The summed E-state index contributed by atoms with van der Waals surface area (Å²) in [5.74, 6) is 0.889. The minimum atomic E-state index is 0.674. The molecule has 146 valence electrons. The summed E-state index contributed by atoms with van der Waals surface area (Å²) in [5, 5.41) is 1.10. The van der Waals surface area contributed by atoms with Crippen LogP contribution in [0.5, 0.6) is 5.75 Å². The Hall–Kier alpha value is -2.81. The molecule has 3 heteroatoms. The second-order valence-electron chi connectivity index (χ2n) is 6.94. The Balaban J connectivity index is 1.73. The molecule has 0 unspecified atom stereocenters. The van der Waals surface area contributed by atoms with Gasteiger partial charge in [-0.2, -0.15) is 0 Å². The van der Waals surface area contributed by atoms with Crippen LogP contribution in [0.25, 0.3) is 23.1 Å². The molecule has 0 radical (unpaired) electrons. The number of anilines is 1. The van der Waals surface area contributed by atoms with Crippen LogP contribution >= 0.6 is 0 Å². The second kappa shape index (κ2) is 9.93. The van der Waals surface area contributed by atoms with Crippen molar-refractivity contribution in [1.29, 1.82) is 0 Å². The second-order valence-corrected chi connectivity index (χ2v) is 6.94. The van der Waals surface area contributed by atoms with E-state index in [1.54, 1.807) is 0 Å². The molecule has 0 aliphatic carbocycles. The zero-order valence-corrected chi connectivity index (χ0v) is 17.2. The first kappa shape index (κ1) is 19.9.